The largest absolute Gasteiger partial charge is 0.489 e. The molecule has 1 unspecified atom stereocenters. The Labute approximate surface area is 131 Å². The molecular weight excluding hydrogens is 276 g/mol. The fourth-order valence-electron chi connectivity index (χ4n) is 2.32. The van der Waals surface area contributed by atoms with Crippen LogP contribution in [0.25, 0.3) is 0 Å². The molecule has 0 aliphatic rings. The Morgan fingerprint density at radius 1 is 1.00 bits per heavy atom. The van der Waals surface area contributed by atoms with Gasteiger partial charge >= 0.3 is 5.97 Å². The first kappa shape index (κ1) is 16.1. The summed E-state index contributed by atoms with van der Waals surface area (Å²) in [5.41, 5.74) is 2.14. The van der Waals surface area contributed by atoms with Gasteiger partial charge in [0.15, 0.2) is 0 Å². The van der Waals surface area contributed by atoms with Gasteiger partial charge in [0, 0.05) is 0 Å². The summed E-state index contributed by atoms with van der Waals surface area (Å²) in [6, 6.07) is 17.7. The average Bonchev–Trinajstić information content (AvgIpc) is 2.52. The molecule has 2 aromatic rings. The minimum atomic E-state index is -0.737. The molecule has 0 amide bonds. The Kier molecular flexibility index (Phi) is 5.59. The first-order valence-corrected chi connectivity index (χ1v) is 7.54. The lowest BCUT2D eigenvalue weighted by molar-refractivity contribution is -0.143. The smallest absolute Gasteiger partial charge is 0.307 e. The van der Waals surface area contributed by atoms with Crippen molar-refractivity contribution in [3.8, 4) is 5.75 Å². The van der Waals surface area contributed by atoms with Gasteiger partial charge in [-0.3, -0.25) is 4.79 Å². The van der Waals surface area contributed by atoms with E-state index in [9.17, 15) is 9.90 Å². The zero-order valence-corrected chi connectivity index (χ0v) is 13.0. The monoisotopic (exact) mass is 298 g/mol. The maximum atomic E-state index is 11.2. The van der Waals surface area contributed by atoms with E-state index in [4.69, 9.17) is 4.74 Å². The summed E-state index contributed by atoms with van der Waals surface area (Å²) in [5, 5.41) is 9.25. The van der Waals surface area contributed by atoms with Gasteiger partial charge in [-0.05, 0) is 35.6 Å². The molecule has 0 fully saturated rings. The summed E-state index contributed by atoms with van der Waals surface area (Å²) in [5.74, 6) is -0.175. The van der Waals surface area contributed by atoms with Crippen molar-refractivity contribution in [2.45, 2.75) is 26.9 Å². The molecule has 3 heteroatoms. The van der Waals surface area contributed by atoms with Gasteiger partial charge < -0.3 is 9.84 Å². The highest BCUT2D eigenvalue weighted by atomic mass is 16.5. The second-order valence-corrected chi connectivity index (χ2v) is 5.81. The van der Waals surface area contributed by atoms with Gasteiger partial charge in [-0.2, -0.15) is 0 Å². The minimum Gasteiger partial charge on any atom is -0.489 e. The lowest BCUT2D eigenvalue weighted by Gasteiger charge is -2.16. The second-order valence-electron chi connectivity index (χ2n) is 5.81. The number of hydrogen-bond acceptors (Lipinski definition) is 2. The number of carboxylic acid groups (broad SMARTS) is 1. The van der Waals surface area contributed by atoms with Crippen molar-refractivity contribution >= 4 is 5.97 Å². The zero-order valence-electron chi connectivity index (χ0n) is 13.0. The molecule has 2 rings (SSSR count). The predicted octanol–water partition coefficient (Wildman–Crippen LogP) is 4.16. The van der Waals surface area contributed by atoms with Crippen LogP contribution in [0.5, 0.6) is 5.75 Å². The predicted molar refractivity (Wildman–Crippen MR) is 86.9 cm³/mol. The Morgan fingerprint density at radius 3 is 2.18 bits per heavy atom. The van der Waals surface area contributed by atoms with E-state index >= 15 is 0 Å². The van der Waals surface area contributed by atoms with E-state index in [1.54, 1.807) is 0 Å². The summed E-state index contributed by atoms with van der Waals surface area (Å²) in [7, 11) is 0. The number of aliphatic carboxylic acids is 1. The third kappa shape index (κ3) is 4.62. The van der Waals surface area contributed by atoms with Gasteiger partial charge in [0.05, 0.1) is 5.92 Å². The van der Waals surface area contributed by atoms with Crippen LogP contribution in [0.2, 0.25) is 0 Å². The third-order valence-electron chi connectivity index (χ3n) is 3.75. The van der Waals surface area contributed by atoms with Crippen molar-refractivity contribution in [3.63, 3.8) is 0 Å². The molecule has 0 saturated carbocycles. The molecule has 1 N–H and O–H groups in total. The van der Waals surface area contributed by atoms with Crippen LogP contribution in [0.1, 0.15) is 25.0 Å². The standard InChI is InChI=1S/C19H22O3/c1-14(2)18(19(20)21)12-15-8-10-17(11-9-15)22-13-16-6-4-3-5-7-16/h3-11,14,18H,12-13H2,1-2H3,(H,20,21). The van der Waals surface area contributed by atoms with E-state index in [2.05, 4.69) is 0 Å². The van der Waals surface area contributed by atoms with Crippen LogP contribution in [0, 0.1) is 11.8 Å². The quantitative estimate of drug-likeness (QED) is 0.834. The maximum absolute atomic E-state index is 11.2. The molecule has 3 nitrogen and oxygen atoms in total. The van der Waals surface area contributed by atoms with E-state index in [1.807, 2.05) is 68.4 Å². The number of hydrogen-bond donors (Lipinski definition) is 1. The van der Waals surface area contributed by atoms with Gasteiger partial charge in [-0.15, -0.1) is 0 Å². The van der Waals surface area contributed by atoms with Crippen LogP contribution in [0.4, 0.5) is 0 Å². The summed E-state index contributed by atoms with van der Waals surface area (Å²) in [6.45, 7) is 4.41. The van der Waals surface area contributed by atoms with Crippen molar-refractivity contribution in [1.29, 1.82) is 0 Å². The molecule has 1 atom stereocenters. The van der Waals surface area contributed by atoms with Crippen LogP contribution >= 0.6 is 0 Å². The van der Waals surface area contributed by atoms with Gasteiger partial charge in [-0.1, -0.05) is 56.3 Å². The van der Waals surface area contributed by atoms with Crippen LogP contribution in [-0.2, 0) is 17.8 Å². The van der Waals surface area contributed by atoms with Gasteiger partial charge in [0.25, 0.3) is 0 Å². The third-order valence-corrected chi connectivity index (χ3v) is 3.75. The summed E-state index contributed by atoms with van der Waals surface area (Å²) < 4.78 is 5.73. The first-order valence-electron chi connectivity index (χ1n) is 7.54. The lowest BCUT2D eigenvalue weighted by atomic mass is 9.89. The molecule has 0 aliphatic carbocycles. The minimum absolute atomic E-state index is 0.117. The second kappa shape index (κ2) is 7.64. The van der Waals surface area contributed by atoms with Gasteiger partial charge in [0.2, 0.25) is 0 Å². The summed E-state index contributed by atoms with van der Waals surface area (Å²) >= 11 is 0. The van der Waals surface area contributed by atoms with E-state index < -0.39 is 5.97 Å². The summed E-state index contributed by atoms with van der Waals surface area (Å²) in [4.78, 5) is 11.2. The Hall–Kier alpha value is -2.29. The molecule has 0 radical (unpaired) electrons. The number of rotatable bonds is 7. The summed E-state index contributed by atoms with van der Waals surface area (Å²) in [6.07, 6.45) is 0.548. The molecule has 2 aromatic carbocycles. The molecule has 22 heavy (non-hydrogen) atoms. The van der Waals surface area contributed by atoms with Crippen molar-refractivity contribution in [2.75, 3.05) is 0 Å². The molecule has 0 spiro atoms. The maximum Gasteiger partial charge on any atom is 0.307 e. The van der Waals surface area contributed by atoms with Crippen molar-refractivity contribution in [3.05, 3.63) is 65.7 Å². The van der Waals surface area contributed by atoms with E-state index in [1.165, 1.54) is 0 Å². The SMILES string of the molecule is CC(C)C(Cc1ccc(OCc2ccccc2)cc1)C(=O)O. The van der Waals surface area contributed by atoms with Crippen molar-refractivity contribution in [2.24, 2.45) is 11.8 Å². The van der Waals surface area contributed by atoms with E-state index in [-0.39, 0.29) is 11.8 Å². The highest BCUT2D eigenvalue weighted by molar-refractivity contribution is 5.70. The number of ether oxygens (including phenoxy) is 1. The molecular formula is C19H22O3. The molecule has 0 saturated heterocycles. The van der Waals surface area contributed by atoms with Crippen LogP contribution < -0.4 is 4.74 Å². The number of benzene rings is 2. The zero-order chi connectivity index (χ0) is 15.9. The number of carbonyl (C=O) groups is 1. The number of carboxylic acids is 1. The molecule has 0 bridgehead atoms. The highest BCUT2D eigenvalue weighted by Gasteiger charge is 2.21. The van der Waals surface area contributed by atoms with Gasteiger partial charge in [0.1, 0.15) is 12.4 Å². The lowest BCUT2D eigenvalue weighted by Crippen LogP contribution is -2.22. The normalized spacial score (nSPS) is 12.1. The topological polar surface area (TPSA) is 46.5 Å². The van der Waals surface area contributed by atoms with Crippen LogP contribution in [-0.4, -0.2) is 11.1 Å². The Balaban J connectivity index is 1.94. The molecule has 116 valence electrons. The molecule has 0 aromatic heterocycles. The Bertz CT molecular complexity index is 588. The van der Waals surface area contributed by atoms with E-state index in [0.29, 0.717) is 13.0 Å². The first-order chi connectivity index (χ1) is 10.6. The van der Waals surface area contributed by atoms with Crippen molar-refractivity contribution < 1.29 is 14.6 Å². The fourth-order valence-corrected chi connectivity index (χ4v) is 2.32. The highest BCUT2D eigenvalue weighted by Crippen LogP contribution is 2.20. The van der Waals surface area contributed by atoms with Crippen molar-refractivity contribution in [1.82, 2.24) is 0 Å². The van der Waals surface area contributed by atoms with E-state index in [0.717, 1.165) is 16.9 Å². The molecule has 0 aliphatic heterocycles. The fraction of sp³-hybridized carbons (Fsp3) is 0.316. The Morgan fingerprint density at radius 2 is 1.64 bits per heavy atom. The van der Waals surface area contributed by atoms with Crippen LogP contribution in [0.3, 0.4) is 0 Å². The molecule has 0 heterocycles. The van der Waals surface area contributed by atoms with Crippen LogP contribution in [0.15, 0.2) is 54.6 Å². The van der Waals surface area contributed by atoms with Gasteiger partial charge in [-0.25, -0.2) is 0 Å². The average molecular weight is 298 g/mol.